The summed E-state index contributed by atoms with van der Waals surface area (Å²) in [5.41, 5.74) is -3.07. The van der Waals surface area contributed by atoms with E-state index < -0.39 is 62.8 Å². The van der Waals surface area contributed by atoms with Crippen LogP contribution in [0, 0.1) is 11.3 Å². The highest BCUT2D eigenvalue weighted by Gasteiger charge is 2.44. The summed E-state index contributed by atoms with van der Waals surface area (Å²) in [5, 5.41) is 18.2. The smallest absolute Gasteiger partial charge is 0.433 e. The summed E-state index contributed by atoms with van der Waals surface area (Å²) < 4.78 is 103. The van der Waals surface area contributed by atoms with Gasteiger partial charge in [-0.05, 0) is 24.6 Å². The lowest BCUT2D eigenvalue weighted by Gasteiger charge is -2.35. The molecule has 0 spiro atoms. The summed E-state index contributed by atoms with van der Waals surface area (Å²) in [5.74, 6) is -4.78. The maximum Gasteiger partial charge on any atom is 0.433 e. The van der Waals surface area contributed by atoms with E-state index >= 15 is 0 Å². The van der Waals surface area contributed by atoms with Crippen molar-refractivity contribution in [3.63, 3.8) is 0 Å². The number of nitrogens with zero attached hydrogens (tertiary/aromatic N) is 3. The number of halogens is 6. The molecule has 0 aliphatic carbocycles. The summed E-state index contributed by atoms with van der Waals surface area (Å²) in [4.78, 5) is 13.6. The second kappa shape index (κ2) is 11.1. The Hall–Kier alpha value is -3.96. The minimum absolute atomic E-state index is 0.0195. The highest BCUT2D eigenvalue weighted by molar-refractivity contribution is 7.93. The Morgan fingerprint density at radius 3 is 2.56 bits per heavy atom. The van der Waals surface area contributed by atoms with Crippen molar-refractivity contribution < 1.29 is 45.0 Å². The number of carbonyl (C=O) groups is 1. The van der Waals surface area contributed by atoms with Crippen LogP contribution in [0.25, 0.3) is 11.1 Å². The van der Waals surface area contributed by atoms with Crippen LogP contribution >= 0.6 is 11.6 Å². The molecule has 0 amide bonds. The number of rotatable bonds is 8. The standard InChI is InChI=1S/C26H19ClF5N3O5S/c27-19-12-21(40-9-3-6-24(36)37)22(11-16(19)17-14-34-23(26(30,31)32)10-15(17)13-33)41(38,39)35-8-7-25(28,29)18-4-1-2-5-20(18)35/h1-2,4-5,10-12,14H,3,6-9H2,(H,36,37). The molecule has 1 aliphatic rings. The Morgan fingerprint density at radius 2 is 1.90 bits per heavy atom. The molecule has 8 nitrogen and oxygen atoms in total. The van der Waals surface area contributed by atoms with Gasteiger partial charge >= 0.3 is 12.1 Å². The number of para-hydroxylation sites is 1. The van der Waals surface area contributed by atoms with Crippen LogP contribution in [0.5, 0.6) is 5.75 Å². The van der Waals surface area contributed by atoms with Crippen LogP contribution in [0.1, 0.15) is 36.1 Å². The quantitative estimate of drug-likeness (QED) is 0.236. The van der Waals surface area contributed by atoms with Crippen molar-refractivity contribution in [1.82, 2.24) is 4.98 Å². The van der Waals surface area contributed by atoms with E-state index in [-0.39, 0.29) is 47.0 Å². The van der Waals surface area contributed by atoms with Gasteiger partial charge in [0.05, 0.1) is 28.9 Å². The molecule has 0 radical (unpaired) electrons. The van der Waals surface area contributed by atoms with E-state index in [2.05, 4.69) is 4.98 Å². The van der Waals surface area contributed by atoms with Gasteiger partial charge in [-0.15, -0.1) is 0 Å². The molecule has 2 aromatic carbocycles. The first-order valence-electron chi connectivity index (χ1n) is 11.8. The SMILES string of the molecule is N#Cc1cc(C(F)(F)F)ncc1-c1cc(S(=O)(=O)N2CCC(F)(F)c3ccccc32)c(OCCCC(=O)O)cc1Cl. The highest BCUT2D eigenvalue weighted by atomic mass is 35.5. The summed E-state index contributed by atoms with van der Waals surface area (Å²) in [7, 11) is -4.69. The van der Waals surface area contributed by atoms with E-state index in [1.807, 2.05) is 0 Å². The Morgan fingerprint density at radius 1 is 1.20 bits per heavy atom. The van der Waals surface area contributed by atoms with E-state index in [4.69, 9.17) is 21.4 Å². The molecule has 0 fully saturated rings. The summed E-state index contributed by atoms with van der Waals surface area (Å²) >= 11 is 6.37. The van der Waals surface area contributed by atoms with Gasteiger partial charge in [0.25, 0.3) is 15.9 Å². The Labute approximate surface area is 235 Å². The van der Waals surface area contributed by atoms with Gasteiger partial charge in [-0.25, -0.2) is 17.2 Å². The predicted octanol–water partition coefficient (Wildman–Crippen LogP) is 6.23. The van der Waals surface area contributed by atoms with E-state index in [1.165, 1.54) is 18.2 Å². The lowest BCUT2D eigenvalue weighted by atomic mass is 10.00. The first-order valence-corrected chi connectivity index (χ1v) is 13.6. The van der Waals surface area contributed by atoms with Crippen molar-refractivity contribution in [3.05, 3.63) is 70.5 Å². The second-order valence-electron chi connectivity index (χ2n) is 8.90. The number of fused-ring (bicyclic) bond motifs is 1. The number of sulfonamides is 1. The van der Waals surface area contributed by atoms with Gasteiger partial charge in [0.15, 0.2) is 0 Å². The van der Waals surface area contributed by atoms with Crippen LogP contribution in [0.2, 0.25) is 5.02 Å². The molecule has 15 heteroatoms. The molecule has 3 aromatic rings. The van der Waals surface area contributed by atoms with Crippen molar-refractivity contribution in [2.24, 2.45) is 0 Å². The van der Waals surface area contributed by atoms with Gasteiger partial charge in [0.1, 0.15) is 16.3 Å². The van der Waals surface area contributed by atoms with Gasteiger partial charge in [-0.1, -0.05) is 29.8 Å². The van der Waals surface area contributed by atoms with E-state index in [9.17, 15) is 40.4 Å². The third kappa shape index (κ3) is 6.06. The van der Waals surface area contributed by atoms with Crippen LogP contribution in [0.15, 0.2) is 53.6 Å². The molecule has 0 saturated carbocycles. The summed E-state index contributed by atoms with van der Waals surface area (Å²) in [6, 6.07) is 9.13. The van der Waals surface area contributed by atoms with Crippen molar-refractivity contribution in [2.75, 3.05) is 17.5 Å². The number of carboxylic acid groups (broad SMARTS) is 1. The van der Waals surface area contributed by atoms with Crippen LogP contribution in [-0.2, 0) is 26.9 Å². The average Bonchev–Trinajstić information content (AvgIpc) is 2.90. The highest BCUT2D eigenvalue weighted by Crippen LogP contribution is 2.46. The van der Waals surface area contributed by atoms with Crippen molar-refractivity contribution in [2.45, 2.75) is 36.3 Å². The first kappa shape index (κ1) is 30.0. The number of benzene rings is 2. The van der Waals surface area contributed by atoms with E-state index in [0.29, 0.717) is 6.07 Å². The zero-order valence-electron chi connectivity index (χ0n) is 20.8. The molecule has 0 atom stereocenters. The fourth-order valence-electron chi connectivity index (χ4n) is 4.24. The molecule has 1 aliphatic heterocycles. The fraction of sp³-hybridized carbons (Fsp3) is 0.269. The maximum absolute atomic E-state index is 14.6. The molecule has 0 saturated heterocycles. The fourth-order valence-corrected chi connectivity index (χ4v) is 6.13. The molecule has 1 N–H and O–H groups in total. The van der Waals surface area contributed by atoms with Crippen LogP contribution in [0.4, 0.5) is 27.6 Å². The first-order chi connectivity index (χ1) is 19.2. The van der Waals surface area contributed by atoms with Gasteiger partial charge in [0.2, 0.25) is 0 Å². The van der Waals surface area contributed by atoms with Gasteiger partial charge in [0, 0.05) is 48.3 Å². The van der Waals surface area contributed by atoms with Gasteiger partial charge < -0.3 is 9.84 Å². The molecule has 0 unspecified atom stereocenters. The number of aromatic nitrogens is 1. The zero-order valence-corrected chi connectivity index (χ0v) is 22.3. The van der Waals surface area contributed by atoms with Crippen LogP contribution in [0.3, 0.4) is 0 Å². The third-order valence-electron chi connectivity index (χ3n) is 6.19. The molecular formula is C26H19ClF5N3O5S. The van der Waals surface area contributed by atoms with E-state index in [0.717, 1.165) is 28.7 Å². The molecule has 2 heterocycles. The Balaban J connectivity index is 1.89. The van der Waals surface area contributed by atoms with Crippen LogP contribution in [-0.4, -0.2) is 37.6 Å². The number of anilines is 1. The average molecular weight is 616 g/mol. The topological polar surface area (TPSA) is 121 Å². The lowest BCUT2D eigenvalue weighted by Crippen LogP contribution is -2.40. The maximum atomic E-state index is 14.6. The Bertz CT molecular complexity index is 1660. The molecule has 4 rings (SSSR count). The molecule has 41 heavy (non-hydrogen) atoms. The predicted molar refractivity (Wildman–Crippen MR) is 136 cm³/mol. The summed E-state index contributed by atoms with van der Waals surface area (Å²) in [6.07, 6.45) is -5.29. The normalized spacial score (nSPS) is 14.7. The number of hydrogen-bond donors (Lipinski definition) is 1. The second-order valence-corrected chi connectivity index (χ2v) is 11.1. The number of nitriles is 1. The number of pyridine rings is 1. The lowest BCUT2D eigenvalue weighted by molar-refractivity contribution is -0.141. The zero-order chi connectivity index (χ0) is 30.2. The number of aliphatic carboxylic acids is 1. The largest absolute Gasteiger partial charge is 0.492 e. The molecular weight excluding hydrogens is 597 g/mol. The number of hydrogen-bond acceptors (Lipinski definition) is 6. The minimum atomic E-state index is -4.86. The summed E-state index contributed by atoms with van der Waals surface area (Å²) in [6.45, 7) is -0.877. The van der Waals surface area contributed by atoms with Crippen molar-refractivity contribution >= 4 is 33.3 Å². The number of ether oxygens (including phenoxy) is 1. The third-order valence-corrected chi connectivity index (χ3v) is 8.34. The van der Waals surface area contributed by atoms with Crippen molar-refractivity contribution in [3.8, 4) is 22.9 Å². The van der Waals surface area contributed by atoms with Crippen LogP contribution < -0.4 is 9.04 Å². The number of alkyl halides is 5. The monoisotopic (exact) mass is 615 g/mol. The molecule has 0 bridgehead atoms. The number of carboxylic acids is 1. The molecule has 216 valence electrons. The Kier molecular flexibility index (Phi) is 8.15. The van der Waals surface area contributed by atoms with E-state index in [1.54, 1.807) is 6.07 Å². The van der Waals surface area contributed by atoms with Gasteiger partial charge in [-0.3, -0.25) is 14.1 Å². The van der Waals surface area contributed by atoms with Gasteiger partial charge in [-0.2, -0.15) is 18.4 Å². The minimum Gasteiger partial charge on any atom is -0.492 e. The van der Waals surface area contributed by atoms with Crippen molar-refractivity contribution in [1.29, 1.82) is 5.26 Å². The molecule has 1 aromatic heterocycles.